The van der Waals surface area contributed by atoms with Gasteiger partial charge in [-0.05, 0) is 89.1 Å². The predicted molar refractivity (Wildman–Crippen MR) is 205 cm³/mol. The molecule has 2 N–H and O–H groups in total. The van der Waals surface area contributed by atoms with Crippen LogP contribution in [-0.2, 0) is 10.5 Å². The van der Waals surface area contributed by atoms with Gasteiger partial charge in [-0.15, -0.1) is 0 Å². The molecule has 6 nitrogen and oxygen atoms in total. The van der Waals surface area contributed by atoms with Gasteiger partial charge < -0.3 is 19.7 Å². The molecule has 4 rings (SSSR count). The Labute approximate surface area is 293 Å². The van der Waals surface area contributed by atoms with Crippen molar-refractivity contribution >= 4 is 24.1 Å². The Balaban J connectivity index is 0.000000267. The Morgan fingerprint density at radius 3 is 2.42 bits per heavy atom. The second kappa shape index (κ2) is 20.5. The molecule has 1 saturated heterocycles. The predicted octanol–water partition coefficient (Wildman–Crippen LogP) is 10.9. The van der Waals surface area contributed by atoms with Crippen molar-refractivity contribution < 1.29 is 14.0 Å². The summed E-state index contributed by atoms with van der Waals surface area (Å²) in [5.41, 5.74) is 16.0. The summed E-state index contributed by atoms with van der Waals surface area (Å²) in [5, 5.41) is 4.14. The number of thioether (sulfide) groups is 1. The van der Waals surface area contributed by atoms with Crippen molar-refractivity contribution in [2.24, 2.45) is 10.7 Å². The van der Waals surface area contributed by atoms with Crippen LogP contribution in [0.1, 0.15) is 90.5 Å². The highest BCUT2D eigenvalue weighted by molar-refractivity contribution is 7.98. The Kier molecular flexibility index (Phi) is 16.5. The molecule has 48 heavy (non-hydrogen) atoms. The first-order valence-electron chi connectivity index (χ1n) is 17.1. The van der Waals surface area contributed by atoms with Crippen LogP contribution in [0.25, 0.3) is 17.4 Å². The second-order valence-electron chi connectivity index (χ2n) is 12.1. The summed E-state index contributed by atoms with van der Waals surface area (Å²) >= 11 is 1.91. The number of unbranched alkanes of at least 4 members (excludes halogenated alkanes) is 1. The average molecular weight is 670 g/mol. The van der Waals surface area contributed by atoms with Crippen LogP contribution in [0.15, 0.2) is 104 Å². The van der Waals surface area contributed by atoms with Crippen molar-refractivity contribution in [2.45, 2.75) is 98.5 Å². The van der Waals surface area contributed by atoms with Crippen molar-refractivity contribution in [2.75, 3.05) is 12.9 Å². The molecular weight excluding hydrogens is 615 g/mol. The third-order valence-corrected chi connectivity index (χ3v) is 9.45. The number of ether oxygens (including phenoxy) is 2. The lowest BCUT2D eigenvalue weighted by Crippen LogP contribution is -2.11. The fourth-order valence-electron chi connectivity index (χ4n) is 5.35. The van der Waals surface area contributed by atoms with Gasteiger partial charge >= 0.3 is 0 Å². The maximum absolute atomic E-state index is 6.54. The Morgan fingerprint density at radius 1 is 1.08 bits per heavy atom. The quantitative estimate of drug-likeness (QED) is 0.136. The fourth-order valence-corrected chi connectivity index (χ4v) is 6.52. The number of nitrogens with two attached hydrogens (primary N) is 1. The molecule has 0 bridgehead atoms. The van der Waals surface area contributed by atoms with Crippen LogP contribution < -0.4 is 10.5 Å². The summed E-state index contributed by atoms with van der Waals surface area (Å²) in [5.74, 6) is 3.73. The Morgan fingerprint density at radius 2 is 1.81 bits per heavy atom. The van der Waals surface area contributed by atoms with Gasteiger partial charge in [0, 0.05) is 45.8 Å². The number of allylic oxidation sites excluding steroid dienone is 5. The van der Waals surface area contributed by atoms with E-state index in [9.17, 15) is 0 Å². The molecule has 3 aromatic rings. The van der Waals surface area contributed by atoms with Crippen LogP contribution in [0.2, 0.25) is 0 Å². The van der Waals surface area contributed by atoms with Crippen LogP contribution in [0.3, 0.4) is 0 Å². The van der Waals surface area contributed by atoms with E-state index < -0.39 is 0 Å². The zero-order valence-corrected chi connectivity index (χ0v) is 31.0. The molecule has 0 radical (unpaired) electrons. The van der Waals surface area contributed by atoms with Crippen LogP contribution in [0.5, 0.6) is 5.75 Å². The fraction of sp³-hybridized carbons (Fsp3) is 0.415. The summed E-state index contributed by atoms with van der Waals surface area (Å²) in [7, 11) is 1.68. The first-order valence-corrected chi connectivity index (χ1v) is 18.3. The van der Waals surface area contributed by atoms with E-state index in [1.54, 1.807) is 7.11 Å². The van der Waals surface area contributed by atoms with Crippen molar-refractivity contribution in [3.05, 3.63) is 112 Å². The minimum Gasteiger partial charge on any atom is -0.497 e. The molecule has 2 unspecified atom stereocenters. The number of hydrogen-bond donors (Lipinski definition) is 1. The third-order valence-electron chi connectivity index (χ3n) is 8.35. The summed E-state index contributed by atoms with van der Waals surface area (Å²) < 4.78 is 16.6. The molecular formula is C41H55N3O3S. The van der Waals surface area contributed by atoms with Gasteiger partial charge in [-0.1, -0.05) is 86.1 Å². The van der Waals surface area contributed by atoms with Crippen molar-refractivity contribution in [1.82, 2.24) is 5.16 Å². The lowest BCUT2D eigenvalue weighted by atomic mass is 9.95. The molecule has 2 atom stereocenters. The van der Waals surface area contributed by atoms with Crippen molar-refractivity contribution in [3.63, 3.8) is 0 Å². The minimum atomic E-state index is 0.408. The molecule has 0 saturated carbocycles. The third kappa shape index (κ3) is 11.7. The van der Waals surface area contributed by atoms with Crippen LogP contribution in [-0.4, -0.2) is 36.4 Å². The summed E-state index contributed by atoms with van der Waals surface area (Å²) in [6.07, 6.45) is 14.5. The van der Waals surface area contributed by atoms with Gasteiger partial charge in [-0.25, -0.2) is 0 Å². The zero-order valence-electron chi connectivity index (χ0n) is 30.2. The normalized spacial score (nSPS) is 17.7. The molecule has 2 heterocycles. The van der Waals surface area contributed by atoms with Crippen LogP contribution >= 0.6 is 11.8 Å². The van der Waals surface area contributed by atoms with Crippen LogP contribution in [0, 0.1) is 6.92 Å². The zero-order chi connectivity index (χ0) is 34.9. The molecule has 1 aliphatic rings. The maximum atomic E-state index is 6.54. The van der Waals surface area contributed by atoms with E-state index >= 15 is 0 Å². The molecule has 0 amide bonds. The molecule has 2 aromatic carbocycles. The van der Waals surface area contributed by atoms with Gasteiger partial charge in [-0.3, -0.25) is 4.99 Å². The summed E-state index contributed by atoms with van der Waals surface area (Å²) in [6, 6.07) is 18.2. The minimum absolute atomic E-state index is 0.408. The smallest absolute Gasteiger partial charge is 0.171 e. The van der Waals surface area contributed by atoms with Gasteiger partial charge in [0.1, 0.15) is 5.75 Å². The number of rotatable bonds is 14. The van der Waals surface area contributed by atoms with E-state index in [1.807, 2.05) is 81.2 Å². The van der Waals surface area contributed by atoms with E-state index in [2.05, 4.69) is 68.2 Å². The second-order valence-corrected chi connectivity index (χ2v) is 13.1. The van der Waals surface area contributed by atoms with Crippen LogP contribution in [0.4, 0.5) is 0 Å². The Hall–Kier alpha value is -3.81. The number of nitrogens with zero attached hydrogens (tertiary/aromatic N) is 2. The highest BCUT2D eigenvalue weighted by Gasteiger charge is 2.22. The SMILES string of the molecule is CC=N/C(C)=C(C(=C\CCC)/C=C/c1ccc(OC)cc1)\C(N)=C(/C)CC.Cc1noc(-c2ccccc2)c1CSCC1CCC(C)O1. The average Bonchev–Trinajstić information content (AvgIpc) is 3.70. The van der Waals surface area contributed by atoms with Crippen molar-refractivity contribution in [3.8, 4) is 17.1 Å². The van der Waals surface area contributed by atoms with Gasteiger partial charge in [0.25, 0.3) is 0 Å². The lowest BCUT2D eigenvalue weighted by molar-refractivity contribution is 0.0700. The highest BCUT2D eigenvalue weighted by atomic mass is 32.2. The number of aromatic nitrogens is 1. The van der Waals surface area contributed by atoms with E-state index in [1.165, 1.54) is 24.0 Å². The molecule has 0 spiro atoms. The lowest BCUT2D eigenvalue weighted by Gasteiger charge is -2.15. The van der Waals surface area contributed by atoms with Gasteiger partial charge in [-0.2, -0.15) is 11.8 Å². The topological polar surface area (TPSA) is 82.9 Å². The summed E-state index contributed by atoms with van der Waals surface area (Å²) in [6.45, 7) is 14.5. The number of hydrogen-bond acceptors (Lipinski definition) is 7. The molecule has 7 heteroatoms. The van der Waals surface area contributed by atoms with E-state index in [0.29, 0.717) is 12.2 Å². The maximum Gasteiger partial charge on any atom is 0.171 e. The number of methoxy groups -OCH3 is 1. The molecule has 258 valence electrons. The first-order chi connectivity index (χ1) is 23.2. The Bertz CT molecular complexity index is 1570. The van der Waals surface area contributed by atoms with Gasteiger partial charge in [0.05, 0.1) is 25.0 Å². The van der Waals surface area contributed by atoms with E-state index in [-0.39, 0.29) is 0 Å². The van der Waals surface area contributed by atoms with Gasteiger partial charge in [0.2, 0.25) is 0 Å². The molecule has 1 aromatic heterocycles. The standard InChI is InChI=1S/C24H34N2O.C17H21NO2S/c1-7-10-11-21(15-12-20-13-16-22(27-6)17-14-20)23(19(5)26-9-3)24(25)18(4)8-2;1-12-8-9-15(19-12)10-21-11-16-13(2)18-20-17(16)14-6-4-3-5-7-14/h9,11-17H,7-8,10,25H2,1-6H3;3-7,12,15H,8-11H2,1-2H3/b15-12+,21-11-,23-19-,24-18-,26-9?;. The number of aryl methyl sites for hydroxylation is 1. The highest BCUT2D eigenvalue weighted by Crippen LogP contribution is 2.31. The first kappa shape index (κ1) is 38.6. The van der Waals surface area contributed by atoms with E-state index in [0.717, 1.165) is 81.6 Å². The molecule has 1 aliphatic heterocycles. The monoisotopic (exact) mass is 669 g/mol. The number of aliphatic imine (C=N–C) groups is 1. The van der Waals surface area contributed by atoms with Gasteiger partial charge in [0.15, 0.2) is 5.76 Å². The molecule has 0 aliphatic carbocycles. The molecule has 1 fully saturated rings. The van der Waals surface area contributed by atoms with Crippen molar-refractivity contribution in [1.29, 1.82) is 0 Å². The summed E-state index contributed by atoms with van der Waals surface area (Å²) in [4.78, 5) is 4.52. The largest absolute Gasteiger partial charge is 0.497 e. The number of benzene rings is 2. The van der Waals surface area contributed by atoms with E-state index in [4.69, 9.17) is 19.7 Å².